The smallest absolute Gasteiger partial charge is 0.0944 e. The minimum absolute atomic E-state index is 0.00830. The molecule has 0 bridgehead atoms. The van der Waals surface area contributed by atoms with Crippen LogP contribution in [0.1, 0.15) is 45.3 Å². The molecule has 2 N–H and O–H groups in total. The number of ether oxygens (including phenoxy) is 1. The third-order valence-corrected chi connectivity index (χ3v) is 3.95. The van der Waals surface area contributed by atoms with Crippen LogP contribution in [0.15, 0.2) is 5.38 Å². The van der Waals surface area contributed by atoms with Gasteiger partial charge in [0.1, 0.15) is 0 Å². The van der Waals surface area contributed by atoms with E-state index in [1.54, 1.807) is 18.4 Å². The molecule has 0 aliphatic carbocycles. The van der Waals surface area contributed by atoms with Crippen LogP contribution in [-0.2, 0) is 16.6 Å². The molecule has 2 unspecified atom stereocenters. The summed E-state index contributed by atoms with van der Waals surface area (Å²) < 4.78 is 5.47. The average molecular weight is 270 g/mol. The van der Waals surface area contributed by atoms with Crippen LogP contribution in [0.3, 0.4) is 0 Å². The number of nitrogens with two attached hydrogens (primary N) is 1. The first kappa shape index (κ1) is 15.6. The highest BCUT2D eigenvalue weighted by atomic mass is 32.1. The minimum atomic E-state index is 0.00830. The number of aromatic nitrogens is 1. The molecular formula is C14H26N2OS. The van der Waals surface area contributed by atoms with Crippen LogP contribution >= 0.6 is 11.3 Å². The van der Waals surface area contributed by atoms with Gasteiger partial charge in [0.2, 0.25) is 0 Å². The van der Waals surface area contributed by atoms with E-state index < -0.39 is 0 Å². The van der Waals surface area contributed by atoms with Gasteiger partial charge < -0.3 is 10.5 Å². The van der Waals surface area contributed by atoms with E-state index in [9.17, 15) is 0 Å². The van der Waals surface area contributed by atoms with Gasteiger partial charge in [0.25, 0.3) is 0 Å². The molecule has 1 rings (SSSR count). The van der Waals surface area contributed by atoms with E-state index in [2.05, 4.69) is 45.0 Å². The van der Waals surface area contributed by atoms with Crippen molar-refractivity contribution in [2.24, 2.45) is 11.7 Å². The van der Waals surface area contributed by atoms with Gasteiger partial charge >= 0.3 is 0 Å². The highest BCUT2D eigenvalue weighted by molar-refractivity contribution is 7.09. The molecule has 0 spiro atoms. The van der Waals surface area contributed by atoms with Crippen molar-refractivity contribution in [1.29, 1.82) is 0 Å². The van der Waals surface area contributed by atoms with Gasteiger partial charge in [-0.1, -0.05) is 34.6 Å². The summed E-state index contributed by atoms with van der Waals surface area (Å²) in [7, 11) is 1.73. The van der Waals surface area contributed by atoms with Crippen molar-refractivity contribution >= 4 is 11.3 Å². The third-order valence-electron chi connectivity index (χ3n) is 3.08. The molecule has 18 heavy (non-hydrogen) atoms. The molecule has 1 aromatic heterocycles. The molecule has 3 nitrogen and oxygen atoms in total. The van der Waals surface area contributed by atoms with Crippen molar-refractivity contribution in [2.45, 2.75) is 58.6 Å². The maximum atomic E-state index is 6.22. The van der Waals surface area contributed by atoms with Crippen molar-refractivity contribution in [3.8, 4) is 0 Å². The molecule has 0 aliphatic rings. The molecule has 0 aromatic carbocycles. The lowest BCUT2D eigenvalue weighted by molar-refractivity contribution is 0.0441. The topological polar surface area (TPSA) is 48.1 Å². The number of nitrogens with zero attached hydrogens (tertiary/aromatic N) is 1. The lowest BCUT2D eigenvalue weighted by atomic mass is 9.93. The van der Waals surface area contributed by atoms with Crippen LogP contribution < -0.4 is 5.73 Å². The first-order valence-corrected chi connectivity index (χ1v) is 7.37. The largest absolute Gasteiger partial charge is 0.380 e. The SMILES string of the molecule is COC(C(C)C)C(N)Cc1nc(C(C)(C)C)cs1. The summed E-state index contributed by atoms with van der Waals surface area (Å²) in [6, 6.07) is 0.00830. The maximum Gasteiger partial charge on any atom is 0.0944 e. The molecule has 104 valence electrons. The number of hydrogen-bond donors (Lipinski definition) is 1. The lowest BCUT2D eigenvalue weighted by Gasteiger charge is -2.25. The summed E-state index contributed by atoms with van der Waals surface area (Å²) in [4.78, 5) is 4.68. The average Bonchev–Trinajstić information content (AvgIpc) is 2.65. The summed E-state index contributed by atoms with van der Waals surface area (Å²) in [5.41, 5.74) is 7.48. The zero-order valence-electron chi connectivity index (χ0n) is 12.4. The van der Waals surface area contributed by atoms with E-state index in [1.165, 1.54) is 0 Å². The standard InChI is InChI=1S/C14H26N2OS/c1-9(2)13(17-6)10(15)7-12-16-11(8-18-12)14(3,4)5/h8-10,13H,7,15H2,1-6H3. The first-order chi connectivity index (χ1) is 8.25. The van der Waals surface area contributed by atoms with Crippen molar-refractivity contribution in [2.75, 3.05) is 7.11 Å². The Labute approximate surface area is 115 Å². The van der Waals surface area contributed by atoms with Gasteiger partial charge in [-0.15, -0.1) is 11.3 Å². The molecule has 0 radical (unpaired) electrons. The highest BCUT2D eigenvalue weighted by Crippen LogP contribution is 2.25. The Bertz CT molecular complexity index is 368. The Morgan fingerprint density at radius 1 is 1.39 bits per heavy atom. The zero-order chi connectivity index (χ0) is 13.9. The summed E-state index contributed by atoms with van der Waals surface area (Å²) in [6.45, 7) is 10.8. The molecule has 2 atom stereocenters. The molecular weight excluding hydrogens is 244 g/mol. The zero-order valence-corrected chi connectivity index (χ0v) is 13.2. The molecule has 0 fully saturated rings. The Morgan fingerprint density at radius 3 is 2.39 bits per heavy atom. The fourth-order valence-corrected chi connectivity index (χ4v) is 3.10. The van der Waals surface area contributed by atoms with Gasteiger partial charge in [0.05, 0.1) is 16.8 Å². The number of methoxy groups -OCH3 is 1. The van der Waals surface area contributed by atoms with E-state index in [-0.39, 0.29) is 17.6 Å². The first-order valence-electron chi connectivity index (χ1n) is 6.49. The van der Waals surface area contributed by atoms with Gasteiger partial charge in [-0.3, -0.25) is 0 Å². The molecule has 0 amide bonds. The second-order valence-electron chi connectivity index (χ2n) is 6.19. The summed E-state index contributed by atoms with van der Waals surface area (Å²) in [5.74, 6) is 0.423. The minimum Gasteiger partial charge on any atom is -0.380 e. The van der Waals surface area contributed by atoms with Crippen LogP contribution in [0.5, 0.6) is 0 Å². The van der Waals surface area contributed by atoms with Crippen molar-refractivity contribution in [3.63, 3.8) is 0 Å². The van der Waals surface area contributed by atoms with Crippen LogP contribution in [0.2, 0.25) is 0 Å². The Kier molecular flexibility index (Phi) is 5.32. The quantitative estimate of drug-likeness (QED) is 0.895. The van der Waals surface area contributed by atoms with Gasteiger partial charge in [0, 0.05) is 30.4 Å². The fraction of sp³-hybridized carbons (Fsp3) is 0.786. The summed E-state index contributed by atoms with van der Waals surface area (Å²) >= 11 is 1.70. The van der Waals surface area contributed by atoms with Gasteiger partial charge in [0.15, 0.2) is 0 Å². The Hall–Kier alpha value is -0.450. The van der Waals surface area contributed by atoms with E-state index in [4.69, 9.17) is 10.5 Å². The normalized spacial score (nSPS) is 16.0. The number of thiazole rings is 1. The molecule has 1 aromatic rings. The van der Waals surface area contributed by atoms with E-state index in [1.807, 2.05) is 0 Å². The second kappa shape index (κ2) is 6.13. The predicted octanol–water partition coefficient (Wildman–Crippen LogP) is 2.98. The van der Waals surface area contributed by atoms with Crippen LogP contribution in [-0.4, -0.2) is 24.2 Å². The molecule has 0 saturated carbocycles. The Balaban J connectivity index is 2.70. The van der Waals surface area contributed by atoms with Crippen LogP contribution in [0, 0.1) is 5.92 Å². The van der Waals surface area contributed by atoms with Crippen LogP contribution in [0.25, 0.3) is 0 Å². The Morgan fingerprint density at radius 2 is 2.00 bits per heavy atom. The highest BCUT2D eigenvalue weighted by Gasteiger charge is 2.23. The fourth-order valence-electron chi connectivity index (χ4n) is 2.01. The molecule has 4 heteroatoms. The van der Waals surface area contributed by atoms with E-state index in [0.717, 1.165) is 17.1 Å². The van der Waals surface area contributed by atoms with E-state index in [0.29, 0.717) is 5.92 Å². The van der Waals surface area contributed by atoms with Crippen LogP contribution in [0.4, 0.5) is 0 Å². The van der Waals surface area contributed by atoms with E-state index >= 15 is 0 Å². The maximum absolute atomic E-state index is 6.22. The second-order valence-corrected chi connectivity index (χ2v) is 7.13. The summed E-state index contributed by atoms with van der Waals surface area (Å²) in [6.07, 6.45) is 0.879. The van der Waals surface area contributed by atoms with Gasteiger partial charge in [-0.05, 0) is 5.92 Å². The van der Waals surface area contributed by atoms with Crippen molar-refractivity contribution in [3.05, 3.63) is 16.1 Å². The molecule has 0 saturated heterocycles. The van der Waals surface area contributed by atoms with Gasteiger partial charge in [-0.2, -0.15) is 0 Å². The number of hydrogen-bond acceptors (Lipinski definition) is 4. The van der Waals surface area contributed by atoms with Crippen molar-refractivity contribution in [1.82, 2.24) is 4.98 Å². The third kappa shape index (κ3) is 4.04. The lowest BCUT2D eigenvalue weighted by Crippen LogP contribution is -2.41. The summed E-state index contributed by atoms with van der Waals surface area (Å²) in [5, 5.41) is 3.24. The number of rotatable bonds is 5. The van der Waals surface area contributed by atoms with Gasteiger partial charge in [-0.25, -0.2) is 4.98 Å². The molecule has 0 aliphatic heterocycles. The molecule has 1 heterocycles. The van der Waals surface area contributed by atoms with Crippen molar-refractivity contribution < 1.29 is 4.74 Å². The predicted molar refractivity (Wildman–Crippen MR) is 78.1 cm³/mol. The monoisotopic (exact) mass is 270 g/mol.